The van der Waals surface area contributed by atoms with Gasteiger partial charge in [-0.15, -0.1) is 0 Å². The summed E-state index contributed by atoms with van der Waals surface area (Å²) in [5.41, 5.74) is 1.69. The number of benzene rings is 1. The summed E-state index contributed by atoms with van der Waals surface area (Å²) >= 11 is 2.08. The molecule has 0 aliphatic carbocycles. The molecule has 1 aromatic rings. The Kier molecular flexibility index (Phi) is 3.85. The molecule has 0 saturated heterocycles. The number of fused-ring (bicyclic) bond motifs is 1. The first-order valence-corrected chi connectivity index (χ1v) is 6.80. The van der Waals surface area contributed by atoms with Crippen molar-refractivity contribution in [1.29, 1.82) is 0 Å². The van der Waals surface area contributed by atoms with Crippen molar-refractivity contribution in [3.05, 3.63) is 35.9 Å². The number of halogens is 1. The second-order valence-corrected chi connectivity index (χ2v) is 4.41. The predicted molar refractivity (Wildman–Crippen MR) is 76.8 cm³/mol. The molecule has 5 nitrogen and oxygen atoms in total. The number of nitrogens with zero attached hydrogens (tertiary/aromatic N) is 1. The molecule has 18 heavy (non-hydrogen) atoms. The quantitative estimate of drug-likeness (QED) is 0.483. The number of carbonyl (C=O) groups excluding carboxylic acids is 1. The van der Waals surface area contributed by atoms with Gasteiger partial charge in [0.25, 0.3) is 5.91 Å². The number of rotatable bonds is 2. The lowest BCUT2D eigenvalue weighted by molar-refractivity contribution is -0.119. The number of nitrogens with one attached hydrogen (secondary N) is 1. The van der Waals surface area contributed by atoms with Crippen LogP contribution in [0.15, 0.2) is 30.3 Å². The molecule has 2 N–H and O–H groups in total. The number of carboxylic acid groups (broad SMARTS) is 1. The molecule has 1 unspecified atom stereocenters. The van der Waals surface area contributed by atoms with Crippen LogP contribution in [0.4, 0.5) is 10.5 Å². The number of carbonyl (C=O) groups is 2. The highest BCUT2D eigenvalue weighted by atomic mass is 127. The molecule has 0 saturated carbocycles. The molecule has 1 aliphatic heterocycles. The minimum Gasteiger partial charge on any atom is -0.465 e. The summed E-state index contributed by atoms with van der Waals surface area (Å²) in [6.07, 6.45) is 2.12. The number of amides is 2. The van der Waals surface area contributed by atoms with Crippen LogP contribution in [-0.4, -0.2) is 27.7 Å². The highest BCUT2D eigenvalue weighted by molar-refractivity contribution is 14.1. The molecule has 2 rings (SSSR count). The van der Waals surface area contributed by atoms with E-state index in [1.165, 1.54) is 0 Å². The Labute approximate surface area is 118 Å². The van der Waals surface area contributed by atoms with E-state index in [-0.39, 0.29) is 5.91 Å². The zero-order valence-corrected chi connectivity index (χ0v) is 11.5. The third kappa shape index (κ3) is 2.47. The average Bonchev–Trinajstić information content (AvgIpc) is 2.47. The molecule has 1 aliphatic rings. The fraction of sp³-hybridized carbons (Fsp3) is 0.167. The van der Waals surface area contributed by atoms with Gasteiger partial charge in [0, 0.05) is 0 Å². The monoisotopic (exact) mass is 358 g/mol. The molecule has 0 bridgehead atoms. The highest BCUT2D eigenvalue weighted by Crippen LogP contribution is 2.26. The highest BCUT2D eigenvalue weighted by Gasteiger charge is 2.27. The van der Waals surface area contributed by atoms with Gasteiger partial charge in [0.15, 0.2) is 0 Å². The van der Waals surface area contributed by atoms with E-state index in [4.69, 9.17) is 5.11 Å². The van der Waals surface area contributed by atoms with Crippen LogP contribution in [0.25, 0.3) is 6.08 Å². The molecule has 1 aromatic carbocycles. The number of anilines is 1. The third-order valence-electron chi connectivity index (χ3n) is 2.63. The molecule has 0 radical (unpaired) electrons. The molecule has 6 heteroatoms. The van der Waals surface area contributed by atoms with Crippen LogP contribution in [0.2, 0.25) is 0 Å². The molecule has 2 amide bonds. The van der Waals surface area contributed by atoms with Crippen LogP contribution in [0.1, 0.15) is 5.56 Å². The molecule has 0 fully saturated rings. The van der Waals surface area contributed by atoms with Gasteiger partial charge in [-0.25, -0.2) is 4.79 Å². The zero-order valence-electron chi connectivity index (χ0n) is 9.34. The van der Waals surface area contributed by atoms with Gasteiger partial charge < -0.3 is 15.3 Å². The van der Waals surface area contributed by atoms with Gasteiger partial charge in [-0.05, 0) is 11.6 Å². The van der Waals surface area contributed by atoms with E-state index in [9.17, 15) is 9.59 Å². The van der Waals surface area contributed by atoms with Crippen LogP contribution in [0.5, 0.6) is 0 Å². The Morgan fingerprint density at radius 3 is 2.83 bits per heavy atom. The smallest absolute Gasteiger partial charge is 0.405 e. The summed E-state index contributed by atoms with van der Waals surface area (Å²) in [4.78, 5) is 24.5. The van der Waals surface area contributed by atoms with E-state index in [1.54, 1.807) is 17.1 Å². The van der Waals surface area contributed by atoms with Crippen molar-refractivity contribution in [2.24, 2.45) is 0 Å². The Morgan fingerprint density at radius 2 is 2.17 bits per heavy atom. The van der Waals surface area contributed by atoms with Crippen molar-refractivity contribution in [2.45, 2.75) is 6.04 Å². The van der Waals surface area contributed by atoms with E-state index >= 15 is 0 Å². The number of hydrogen-bond donors (Lipinski definition) is 2. The normalized spacial score (nSPS) is 18.2. The topological polar surface area (TPSA) is 69.6 Å². The fourth-order valence-electron chi connectivity index (χ4n) is 1.81. The van der Waals surface area contributed by atoms with Gasteiger partial charge in [-0.3, -0.25) is 4.79 Å². The van der Waals surface area contributed by atoms with Crippen LogP contribution >= 0.6 is 22.6 Å². The van der Waals surface area contributed by atoms with E-state index < -0.39 is 12.1 Å². The molecule has 0 aromatic heterocycles. The van der Waals surface area contributed by atoms with Crippen molar-refractivity contribution < 1.29 is 14.7 Å². The Balaban J connectivity index is 2.41. The van der Waals surface area contributed by atoms with E-state index in [0.717, 1.165) is 11.3 Å². The predicted octanol–water partition coefficient (Wildman–Crippen LogP) is 2.08. The number of para-hydroxylation sites is 1. The van der Waals surface area contributed by atoms with Crippen molar-refractivity contribution in [3.8, 4) is 0 Å². The standard InChI is InChI=1S/C12H11IN2O3/c13-7-15-10-4-2-1-3-8(10)5-6-9(11(15)16)14-12(17)18/h1-6,9,14H,7H2,(H,17,18). The summed E-state index contributed by atoms with van der Waals surface area (Å²) in [7, 11) is 0. The van der Waals surface area contributed by atoms with E-state index in [0.29, 0.717) is 4.55 Å². The van der Waals surface area contributed by atoms with Crippen LogP contribution < -0.4 is 10.2 Å². The second-order valence-electron chi connectivity index (χ2n) is 3.73. The summed E-state index contributed by atoms with van der Waals surface area (Å²) in [6.45, 7) is 0. The second kappa shape index (κ2) is 5.38. The molecule has 94 valence electrons. The minimum absolute atomic E-state index is 0.270. The molecule has 1 atom stereocenters. The van der Waals surface area contributed by atoms with E-state index in [2.05, 4.69) is 27.9 Å². The summed E-state index contributed by atoms with van der Waals surface area (Å²) in [5.74, 6) is -0.270. The van der Waals surface area contributed by atoms with Crippen molar-refractivity contribution in [3.63, 3.8) is 0 Å². The minimum atomic E-state index is -1.21. The van der Waals surface area contributed by atoms with Gasteiger partial charge in [0.05, 0.1) is 10.2 Å². The Hall–Kier alpha value is -1.57. The maximum absolute atomic E-state index is 12.2. The SMILES string of the molecule is O=C(O)NC1C=Cc2ccccc2N(CI)C1=O. The van der Waals surface area contributed by atoms with Crippen LogP contribution in [0.3, 0.4) is 0 Å². The molecule has 0 spiro atoms. The van der Waals surface area contributed by atoms with Crippen molar-refractivity contribution in [1.82, 2.24) is 5.32 Å². The van der Waals surface area contributed by atoms with Gasteiger partial charge in [0.1, 0.15) is 6.04 Å². The summed E-state index contributed by atoms with van der Waals surface area (Å²) < 4.78 is 0.465. The molecular formula is C12H11IN2O3. The first-order chi connectivity index (χ1) is 8.63. The third-order valence-corrected chi connectivity index (χ3v) is 3.31. The lowest BCUT2D eigenvalue weighted by Gasteiger charge is -2.23. The van der Waals surface area contributed by atoms with Gasteiger partial charge in [-0.1, -0.05) is 52.9 Å². The first kappa shape index (κ1) is 12.9. The van der Waals surface area contributed by atoms with Crippen molar-refractivity contribution in [2.75, 3.05) is 9.45 Å². The van der Waals surface area contributed by atoms with Gasteiger partial charge in [-0.2, -0.15) is 0 Å². The molecular weight excluding hydrogens is 347 g/mol. The zero-order chi connectivity index (χ0) is 13.1. The van der Waals surface area contributed by atoms with Gasteiger partial charge in [0.2, 0.25) is 0 Å². The Morgan fingerprint density at radius 1 is 1.44 bits per heavy atom. The maximum Gasteiger partial charge on any atom is 0.405 e. The summed E-state index contributed by atoms with van der Waals surface area (Å²) in [5, 5.41) is 10.9. The number of alkyl halides is 1. The van der Waals surface area contributed by atoms with E-state index in [1.807, 2.05) is 24.3 Å². The van der Waals surface area contributed by atoms with Gasteiger partial charge >= 0.3 is 6.09 Å². The molecule has 1 heterocycles. The van der Waals surface area contributed by atoms with Crippen molar-refractivity contribution >= 4 is 46.4 Å². The Bertz CT molecular complexity index is 516. The largest absolute Gasteiger partial charge is 0.465 e. The lowest BCUT2D eigenvalue weighted by atomic mass is 10.1. The summed E-state index contributed by atoms with van der Waals surface area (Å²) in [6, 6.07) is 6.62. The first-order valence-electron chi connectivity index (χ1n) is 5.27. The number of hydrogen-bond acceptors (Lipinski definition) is 2. The van der Waals surface area contributed by atoms with Crippen LogP contribution in [0, 0.1) is 0 Å². The lowest BCUT2D eigenvalue weighted by Crippen LogP contribution is -2.46. The van der Waals surface area contributed by atoms with Crippen LogP contribution in [-0.2, 0) is 4.79 Å². The maximum atomic E-state index is 12.2. The fourth-order valence-corrected chi connectivity index (χ4v) is 2.51. The average molecular weight is 358 g/mol.